The molecule has 0 saturated heterocycles. The lowest BCUT2D eigenvalue weighted by molar-refractivity contribution is 0.171. The highest BCUT2D eigenvalue weighted by Gasteiger charge is 2.27. The van der Waals surface area contributed by atoms with Crippen molar-refractivity contribution in [1.29, 1.82) is 0 Å². The average molecular weight is 505 g/mol. The van der Waals surface area contributed by atoms with Crippen molar-refractivity contribution >= 4 is 20.9 Å². The van der Waals surface area contributed by atoms with Gasteiger partial charge in [-0.15, -0.1) is 0 Å². The molecule has 0 spiro atoms. The van der Waals surface area contributed by atoms with E-state index in [4.69, 9.17) is 9.47 Å². The van der Waals surface area contributed by atoms with Crippen LogP contribution in [-0.2, 0) is 23.0 Å². The lowest BCUT2D eigenvalue weighted by Gasteiger charge is -2.24. The summed E-state index contributed by atoms with van der Waals surface area (Å²) in [5.74, 6) is 0.924. The molecule has 0 saturated carbocycles. The summed E-state index contributed by atoms with van der Waals surface area (Å²) < 4.78 is 40.2. The van der Waals surface area contributed by atoms with Crippen LogP contribution in [0.15, 0.2) is 76.4 Å². The van der Waals surface area contributed by atoms with Crippen LogP contribution in [-0.4, -0.2) is 37.5 Å². The molecule has 2 heterocycles. The van der Waals surface area contributed by atoms with Crippen LogP contribution >= 0.6 is 0 Å². The van der Waals surface area contributed by atoms with E-state index in [9.17, 15) is 13.2 Å². The van der Waals surface area contributed by atoms with Gasteiger partial charge in [0.1, 0.15) is 13.2 Å². The molecule has 0 atom stereocenters. The van der Waals surface area contributed by atoms with Crippen LogP contribution in [0, 0.1) is 13.8 Å². The Labute approximate surface area is 210 Å². The molecule has 0 radical (unpaired) electrons. The molecule has 1 aliphatic rings. The van der Waals surface area contributed by atoms with Gasteiger partial charge in [0.2, 0.25) is 10.0 Å². The number of aryl methyl sites for hydroxylation is 2. The lowest BCUT2D eigenvalue weighted by atomic mass is 10.1. The van der Waals surface area contributed by atoms with Gasteiger partial charge in [-0.1, -0.05) is 42.0 Å². The van der Waals surface area contributed by atoms with Crippen molar-refractivity contribution in [2.45, 2.75) is 31.7 Å². The smallest absolute Gasteiger partial charge is 0.252 e. The van der Waals surface area contributed by atoms with Crippen LogP contribution in [0.1, 0.15) is 22.3 Å². The van der Waals surface area contributed by atoms with E-state index in [1.54, 1.807) is 12.1 Å². The predicted octanol–water partition coefficient (Wildman–Crippen LogP) is 4.35. The molecule has 8 heteroatoms. The molecule has 186 valence electrons. The van der Waals surface area contributed by atoms with Crippen LogP contribution in [0.4, 0.5) is 0 Å². The largest absolute Gasteiger partial charge is 0.486 e. The first kappa shape index (κ1) is 24.1. The second-order valence-electron chi connectivity index (χ2n) is 9.10. The van der Waals surface area contributed by atoms with Crippen LogP contribution in [0.2, 0.25) is 0 Å². The third-order valence-electron chi connectivity index (χ3n) is 6.31. The number of benzene rings is 3. The van der Waals surface area contributed by atoms with Crippen LogP contribution in [0.25, 0.3) is 10.9 Å². The van der Waals surface area contributed by atoms with E-state index in [-0.39, 0.29) is 23.5 Å². The Morgan fingerprint density at radius 1 is 0.889 bits per heavy atom. The first-order valence-corrected chi connectivity index (χ1v) is 13.3. The summed E-state index contributed by atoms with van der Waals surface area (Å²) in [7, 11) is -3.94. The molecule has 1 N–H and O–H groups in total. The summed E-state index contributed by atoms with van der Waals surface area (Å²) in [6.45, 7) is 4.90. The standard InChI is InChI=1S/C28H28N2O5S/c1-19-4-3-5-21(14-19)10-11-30(18-23-16-22-7-6-20(2)15-25(22)29-28(23)31)36(32,33)24-8-9-26-27(17-24)35-13-12-34-26/h3-9,14-17H,10-13,18H2,1-2H3,(H,29,31). The van der Waals surface area contributed by atoms with Gasteiger partial charge >= 0.3 is 0 Å². The number of pyridine rings is 1. The Morgan fingerprint density at radius 2 is 1.67 bits per heavy atom. The van der Waals surface area contributed by atoms with E-state index in [1.807, 2.05) is 56.3 Å². The number of hydrogen-bond acceptors (Lipinski definition) is 5. The Bertz CT molecular complexity index is 1590. The number of rotatable bonds is 7. The number of nitrogens with zero attached hydrogens (tertiary/aromatic N) is 1. The molecule has 0 bridgehead atoms. The fourth-order valence-electron chi connectivity index (χ4n) is 4.41. The minimum absolute atomic E-state index is 0.0538. The second kappa shape index (κ2) is 9.79. The van der Waals surface area contributed by atoms with Crippen molar-refractivity contribution in [3.63, 3.8) is 0 Å². The highest BCUT2D eigenvalue weighted by molar-refractivity contribution is 7.89. The molecule has 7 nitrogen and oxygen atoms in total. The van der Waals surface area contributed by atoms with Gasteiger partial charge in [0.25, 0.3) is 5.56 Å². The number of nitrogens with one attached hydrogen (secondary N) is 1. The van der Waals surface area contributed by atoms with Crippen molar-refractivity contribution < 1.29 is 17.9 Å². The average Bonchev–Trinajstić information content (AvgIpc) is 2.86. The number of H-pyrrole nitrogens is 1. The van der Waals surface area contributed by atoms with Gasteiger partial charge in [-0.2, -0.15) is 4.31 Å². The number of ether oxygens (including phenoxy) is 2. The summed E-state index contributed by atoms with van der Waals surface area (Å²) >= 11 is 0. The third-order valence-corrected chi connectivity index (χ3v) is 8.15. The SMILES string of the molecule is Cc1cccc(CCN(Cc2cc3ccc(C)cc3[nH]c2=O)S(=O)(=O)c2ccc3c(c2)OCCO3)c1. The molecule has 0 amide bonds. The molecule has 1 aliphatic heterocycles. The molecular formula is C28H28N2O5S. The molecule has 0 unspecified atom stereocenters. The summed E-state index contributed by atoms with van der Waals surface area (Å²) in [4.78, 5) is 15.9. The van der Waals surface area contributed by atoms with E-state index < -0.39 is 10.0 Å². The van der Waals surface area contributed by atoms with Crippen LogP contribution in [0.3, 0.4) is 0 Å². The fourth-order valence-corrected chi connectivity index (χ4v) is 5.84. The van der Waals surface area contributed by atoms with Gasteiger partial charge in [-0.25, -0.2) is 8.42 Å². The van der Waals surface area contributed by atoms with Crippen molar-refractivity contribution in [3.05, 3.63) is 99.3 Å². The maximum Gasteiger partial charge on any atom is 0.252 e. The highest BCUT2D eigenvalue weighted by Crippen LogP contribution is 2.33. The molecule has 3 aromatic carbocycles. The van der Waals surface area contributed by atoms with Crippen LogP contribution in [0.5, 0.6) is 11.5 Å². The number of hydrogen-bond donors (Lipinski definition) is 1. The summed E-state index contributed by atoms with van der Waals surface area (Å²) in [6, 6.07) is 20.2. The molecule has 36 heavy (non-hydrogen) atoms. The van der Waals surface area contributed by atoms with Crippen molar-refractivity contribution in [2.24, 2.45) is 0 Å². The molecule has 4 aromatic rings. The van der Waals surface area contributed by atoms with Gasteiger partial charge in [-0.3, -0.25) is 4.79 Å². The zero-order valence-electron chi connectivity index (χ0n) is 20.3. The van der Waals surface area contributed by atoms with Crippen LogP contribution < -0.4 is 15.0 Å². The van der Waals surface area contributed by atoms with E-state index in [0.717, 1.165) is 27.6 Å². The monoisotopic (exact) mass is 504 g/mol. The van der Waals surface area contributed by atoms with E-state index >= 15 is 0 Å². The first-order valence-electron chi connectivity index (χ1n) is 11.9. The Morgan fingerprint density at radius 3 is 2.47 bits per heavy atom. The Hall–Kier alpha value is -3.62. The Kier molecular flexibility index (Phi) is 6.55. The minimum atomic E-state index is -3.94. The van der Waals surface area contributed by atoms with Gasteiger partial charge in [0.15, 0.2) is 11.5 Å². The van der Waals surface area contributed by atoms with Crippen molar-refractivity contribution in [3.8, 4) is 11.5 Å². The summed E-state index contributed by atoms with van der Waals surface area (Å²) in [6.07, 6.45) is 0.510. The highest BCUT2D eigenvalue weighted by atomic mass is 32.2. The zero-order chi connectivity index (χ0) is 25.3. The van der Waals surface area contributed by atoms with Crippen molar-refractivity contribution in [1.82, 2.24) is 9.29 Å². The fraction of sp³-hybridized carbons (Fsp3) is 0.250. The number of aromatic nitrogens is 1. The molecule has 0 aliphatic carbocycles. The van der Waals surface area contributed by atoms with E-state index in [1.165, 1.54) is 16.4 Å². The van der Waals surface area contributed by atoms with E-state index in [2.05, 4.69) is 4.98 Å². The van der Waals surface area contributed by atoms with Gasteiger partial charge in [0, 0.05) is 30.2 Å². The topological polar surface area (TPSA) is 88.7 Å². The molecular weight excluding hydrogens is 476 g/mol. The zero-order valence-corrected chi connectivity index (χ0v) is 21.1. The third kappa shape index (κ3) is 5.01. The number of aromatic amines is 1. The summed E-state index contributed by atoms with van der Waals surface area (Å²) in [5, 5.41) is 0.852. The quantitative estimate of drug-likeness (QED) is 0.404. The summed E-state index contributed by atoms with van der Waals surface area (Å²) in [5.41, 5.74) is 3.98. The molecule has 0 fully saturated rings. The normalized spacial score (nSPS) is 13.3. The lowest BCUT2D eigenvalue weighted by Crippen LogP contribution is -2.34. The van der Waals surface area contributed by atoms with E-state index in [0.29, 0.717) is 36.7 Å². The molecule has 1 aromatic heterocycles. The Balaban J connectivity index is 1.51. The van der Waals surface area contributed by atoms with Gasteiger partial charge in [0.05, 0.1) is 4.90 Å². The maximum atomic E-state index is 13.8. The first-order chi connectivity index (χ1) is 17.3. The van der Waals surface area contributed by atoms with Crippen molar-refractivity contribution in [2.75, 3.05) is 19.8 Å². The minimum Gasteiger partial charge on any atom is -0.486 e. The van der Waals surface area contributed by atoms with Gasteiger partial charge < -0.3 is 14.5 Å². The number of fused-ring (bicyclic) bond motifs is 2. The maximum absolute atomic E-state index is 13.8. The predicted molar refractivity (Wildman–Crippen MR) is 139 cm³/mol. The second-order valence-corrected chi connectivity index (χ2v) is 11.0. The molecule has 5 rings (SSSR count). The number of sulfonamides is 1. The van der Waals surface area contributed by atoms with Gasteiger partial charge in [-0.05, 0) is 61.0 Å².